The average molecular weight is 583 g/mol. The normalized spacial score (nSPS) is 11.6. The lowest BCUT2D eigenvalue weighted by atomic mass is 9.91. The predicted octanol–water partition coefficient (Wildman–Crippen LogP) is 4.53. The number of benzene rings is 1. The second-order valence-electron chi connectivity index (χ2n) is 11.3. The van der Waals surface area contributed by atoms with E-state index in [-0.39, 0.29) is 17.4 Å². The van der Waals surface area contributed by atoms with Crippen LogP contribution in [0.25, 0.3) is 0 Å². The Morgan fingerprint density at radius 3 is 1.78 bits per heavy atom. The Kier molecular flexibility index (Phi) is 19.0. The van der Waals surface area contributed by atoms with Crippen LogP contribution in [0.4, 0.5) is 0 Å². The van der Waals surface area contributed by atoms with E-state index in [1.165, 1.54) is 0 Å². The second kappa shape index (κ2) is 21.3. The number of ether oxygens (including phenoxy) is 6. The molecule has 10 heteroatoms. The molecule has 10 nitrogen and oxygen atoms in total. The minimum Gasteiger partial charge on any atom is -0.493 e. The Morgan fingerprint density at radius 2 is 1.27 bits per heavy atom. The zero-order valence-electron chi connectivity index (χ0n) is 26.5. The Balaban J connectivity index is 2.03. The van der Waals surface area contributed by atoms with E-state index in [0.29, 0.717) is 83.4 Å². The third-order valence-corrected chi connectivity index (χ3v) is 6.29. The van der Waals surface area contributed by atoms with Crippen LogP contribution in [0.15, 0.2) is 18.2 Å². The number of hydrazine groups is 1. The Hall–Kier alpha value is -2.40. The van der Waals surface area contributed by atoms with Gasteiger partial charge < -0.3 is 28.4 Å². The van der Waals surface area contributed by atoms with Gasteiger partial charge in [-0.05, 0) is 42.4 Å². The van der Waals surface area contributed by atoms with Crippen molar-refractivity contribution in [1.82, 2.24) is 10.0 Å². The first-order valence-electron chi connectivity index (χ1n) is 14.7. The van der Waals surface area contributed by atoms with Crippen LogP contribution in [0.3, 0.4) is 0 Å². The van der Waals surface area contributed by atoms with E-state index in [1.54, 1.807) is 14.2 Å². The average Bonchev–Trinajstić information content (AvgIpc) is 2.93. The van der Waals surface area contributed by atoms with Gasteiger partial charge in [0.25, 0.3) is 0 Å². The number of carbonyl (C=O) groups excluding carboxylic acids is 2. The molecule has 0 saturated heterocycles. The summed E-state index contributed by atoms with van der Waals surface area (Å²) in [6.45, 7) is 10.7. The summed E-state index contributed by atoms with van der Waals surface area (Å²) in [4.78, 5) is 23.9. The number of carbonyl (C=O) groups is 2. The molecule has 0 unspecified atom stereocenters. The fourth-order valence-electron chi connectivity index (χ4n) is 3.81. The van der Waals surface area contributed by atoms with Crippen molar-refractivity contribution < 1.29 is 38.0 Å². The van der Waals surface area contributed by atoms with Gasteiger partial charge in [-0.15, -0.1) is 0 Å². The number of hydrogen-bond donors (Lipinski definition) is 0. The van der Waals surface area contributed by atoms with E-state index < -0.39 is 0 Å². The van der Waals surface area contributed by atoms with Gasteiger partial charge in [0.1, 0.15) is 0 Å². The number of esters is 2. The minimum absolute atomic E-state index is 0.138. The molecule has 0 aliphatic heterocycles. The summed E-state index contributed by atoms with van der Waals surface area (Å²) in [5.41, 5.74) is 1.27. The van der Waals surface area contributed by atoms with Crippen molar-refractivity contribution in [2.45, 2.75) is 65.7 Å². The first-order valence-corrected chi connectivity index (χ1v) is 14.7. The van der Waals surface area contributed by atoms with Crippen molar-refractivity contribution in [3.05, 3.63) is 23.8 Å². The molecule has 0 bridgehead atoms. The number of nitrogens with zero attached hydrogens (tertiary/aromatic N) is 2. The van der Waals surface area contributed by atoms with Crippen LogP contribution in [-0.2, 0) is 35.0 Å². The van der Waals surface area contributed by atoms with Gasteiger partial charge in [-0.25, -0.2) is 10.0 Å². The predicted molar refractivity (Wildman–Crippen MR) is 159 cm³/mol. The highest BCUT2D eigenvalue weighted by Crippen LogP contribution is 2.27. The van der Waals surface area contributed by atoms with E-state index in [0.717, 1.165) is 31.4 Å². The molecule has 41 heavy (non-hydrogen) atoms. The molecule has 236 valence electrons. The highest BCUT2D eigenvalue weighted by molar-refractivity contribution is 5.69. The summed E-state index contributed by atoms with van der Waals surface area (Å²) in [5, 5.41) is 4.11. The zero-order chi connectivity index (χ0) is 30.5. The number of rotatable bonds is 23. The molecule has 0 aromatic heterocycles. The lowest BCUT2D eigenvalue weighted by Crippen LogP contribution is -2.40. The third kappa shape index (κ3) is 18.6. The minimum atomic E-state index is -0.212. The molecule has 0 N–H and O–H groups in total. The molecular formula is C31H54N2O8. The number of hydrogen-bond acceptors (Lipinski definition) is 10. The molecule has 0 amide bonds. The van der Waals surface area contributed by atoms with Crippen LogP contribution in [0.1, 0.15) is 64.9 Å². The number of methoxy groups -OCH3 is 2. The van der Waals surface area contributed by atoms with Gasteiger partial charge >= 0.3 is 11.9 Å². The van der Waals surface area contributed by atoms with Gasteiger partial charge in [0, 0.05) is 72.9 Å². The molecule has 0 fully saturated rings. The van der Waals surface area contributed by atoms with Gasteiger partial charge in [-0.2, -0.15) is 0 Å². The fourth-order valence-corrected chi connectivity index (χ4v) is 3.81. The van der Waals surface area contributed by atoms with Gasteiger partial charge in [0.2, 0.25) is 0 Å². The van der Waals surface area contributed by atoms with Gasteiger partial charge in [0.15, 0.2) is 11.5 Å². The molecule has 0 aliphatic carbocycles. The Morgan fingerprint density at radius 1 is 0.732 bits per heavy atom. The lowest BCUT2D eigenvalue weighted by Gasteiger charge is -2.28. The van der Waals surface area contributed by atoms with Crippen LogP contribution in [-0.4, -0.2) is 103 Å². The lowest BCUT2D eigenvalue weighted by molar-refractivity contribution is -0.145. The van der Waals surface area contributed by atoms with Crippen molar-refractivity contribution in [2.75, 3.05) is 81.0 Å². The van der Waals surface area contributed by atoms with Crippen LogP contribution in [0.2, 0.25) is 0 Å². The molecule has 1 aromatic carbocycles. The fraction of sp³-hybridized carbons (Fsp3) is 0.742. The standard InChI is InChI=1S/C31H54N2O8/c1-31(2,3)16-13-29(34)40-23-9-21-38-19-8-20-39-22-10-24-41-30(35)15-18-33(32(4)5)17-14-26-11-12-27(36-6)28(25-26)37-7/h11-12,25H,8-10,13-24H2,1-7H3. The first kappa shape index (κ1) is 36.6. The monoisotopic (exact) mass is 582 g/mol. The molecule has 0 atom stereocenters. The molecule has 0 heterocycles. The maximum Gasteiger partial charge on any atom is 0.307 e. The molecular weight excluding hydrogens is 528 g/mol. The largest absolute Gasteiger partial charge is 0.493 e. The van der Waals surface area contributed by atoms with E-state index in [4.69, 9.17) is 28.4 Å². The molecule has 1 rings (SSSR count). The van der Waals surface area contributed by atoms with Gasteiger partial charge in [-0.3, -0.25) is 9.59 Å². The second-order valence-corrected chi connectivity index (χ2v) is 11.3. The molecule has 0 aliphatic rings. The van der Waals surface area contributed by atoms with E-state index in [9.17, 15) is 9.59 Å². The summed E-state index contributed by atoms with van der Waals surface area (Å²) in [5.74, 6) is 1.06. The molecule has 0 spiro atoms. The molecule has 1 aromatic rings. The van der Waals surface area contributed by atoms with E-state index >= 15 is 0 Å². The van der Waals surface area contributed by atoms with Crippen LogP contribution in [0.5, 0.6) is 11.5 Å². The summed E-state index contributed by atoms with van der Waals surface area (Å²) < 4.78 is 32.4. The maximum absolute atomic E-state index is 12.2. The first-order chi connectivity index (χ1) is 19.6. The summed E-state index contributed by atoms with van der Waals surface area (Å²) in [7, 11) is 7.18. The quantitative estimate of drug-likeness (QED) is 0.104. The topological polar surface area (TPSA) is 96.0 Å². The van der Waals surface area contributed by atoms with Crippen molar-refractivity contribution in [1.29, 1.82) is 0 Å². The Labute approximate surface area is 247 Å². The summed E-state index contributed by atoms with van der Waals surface area (Å²) in [6, 6.07) is 5.91. The van der Waals surface area contributed by atoms with Gasteiger partial charge in [0.05, 0.1) is 33.9 Å². The van der Waals surface area contributed by atoms with Crippen LogP contribution < -0.4 is 9.47 Å². The summed E-state index contributed by atoms with van der Waals surface area (Å²) >= 11 is 0. The van der Waals surface area contributed by atoms with Crippen molar-refractivity contribution in [3.8, 4) is 11.5 Å². The van der Waals surface area contributed by atoms with Gasteiger partial charge in [-0.1, -0.05) is 26.8 Å². The van der Waals surface area contributed by atoms with E-state index in [1.807, 2.05) is 37.3 Å². The zero-order valence-corrected chi connectivity index (χ0v) is 26.5. The molecule has 0 saturated carbocycles. The van der Waals surface area contributed by atoms with Crippen molar-refractivity contribution in [3.63, 3.8) is 0 Å². The van der Waals surface area contributed by atoms with E-state index in [2.05, 4.69) is 25.8 Å². The maximum atomic E-state index is 12.2. The smallest absolute Gasteiger partial charge is 0.307 e. The third-order valence-electron chi connectivity index (χ3n) is 6.29. The highest BCUT2D eigenvalue weighted by Gasteiger charge is 2.14. The van der Waals surface area contributed by atoms with Crippen LogP contribution >= 0.6 is 0 Å². The van der Waals surface area contributed by atoms with Crippen LogP contribution in [0, 0.1) is 5.41 Å². The summed E-state index contributed by atoms with van der Waals surface area (Å²) in [6.07, 6.45) is 4.54. The Bertz CT molecular complexity index is 857. The highest BCUT2D eigenvalue weighted by atomic mass is 16.5. The van der Waals surface area contributed by atoms with Crippen molar-refractivity contribution >= 4 is 11.9 Å². The molecule has 0 radical (unpaired) electrons. The van der Waals surface area contributed by atoms with Crippen molar-refractivity contribution in [2.24, 2.45) is 5.41 Å². The SMILES string of the molecule is COc1ccc(CCN(CCC(=O)OCCCOCCCOCCCOC(=O)CCC(C)(C)C)N(C)C)cc1OC.